The van der Waals surface area contributed by atoms with Gasteiger partial charge in [-0.05, 0) is 29.7 Å². The number of fused-ring (bicyclic) bond motifs is 1. The molecule has 0 saturated carbocycles. The van der Waals surface area contributed by atoms with Gasteiger partial charge in [0.05, 0.1) is 5.56 Å². The molecule has 0 bridgehead atoms. The van der Waals surface area contributed by atoms with Gasteiger partial charge in [0.1, 0.15) is 11.0 Å². The smallest absolute Gasteiger partial charge is 0.369 e. The Bertz CT molecular complexity index is 670. The van der Waals surface area contributed by atoms with Crippen molar-refractivity contribution in [2.24, 2.45) is 0 Å². The summed E-state index contributed by atoms with van der Waals surface area (Å²) in [4.78, 5) is 3.89. The number of aromatic nitrogens is 1. The highest BCUT2D eigenvalue weighted by atomic mass is 35.5. The Morgan fingerprint density at radius 2 is 2.00 bits per heavy atom. The largest absolute Gasteiger partial charge is 0.416 e. The number of benzene rings is 1. The Morgan fingerprint density at radius 3 is 2.71 bits per heavy atom. The third-order valence-corrected chi connectivity index (χ3v) is 3.81. The molecule has 21 heavy (non-hydrogen) atoms. The minimum Gasteiger partial charge on any atom is -0.369 e. The van der Waals surface area contributed by atoms with E-state index < -0.39 is 11.7 Å². The van der Waals surface area contributed by atoms with Crippen molar-refractivity contribution in [2.45, 2.75) is 18.5 Å². The summed E-state index contributed by atoms with van der Waals surface area (Å²) in [5.74, 6) is 0.454. The zero-order valence-electron chi connectivity index (χ0n) is 10.9. The molecule has 1 N–H and O–H groups in total. The summed E-state index contributed by atoms with van der Waals surface area (Å²) < 4.78 is 38.1. The van der Waals surface area contributed by atoms with Crippen LogP contribution in [0.4, 0.5) is 19.0 Å². The zero-order chi connectivity index (χ0) is 15.0. The van der Waals surface area contributed by atoms with Gasteiger partial charge in [-0.1, -0.05) is 35.9 Å². The van der Waals surface area contributed by atoms with E-state index in [0.717, 1.165) is 18.6 Å². The maximum absolute atomic E-state index is 12.7. The summed E-state index contributed by atoms with van der Waals surface area (Å²) in [6.07, 6.45) is -3.50. The molecular weight excluding hydrogens is 301 g/mol. The lowest BCUT2D eigenvalue weighted by molar-refractivity contribution is -0.137. The van der Waals surface area contributed by atoms with Crippen LogP contribution in [0, 0.1) is 0 Å². The topological polar surface area (TPSA) is 24.9 Å². The molecule has 6 heteroatoms. The quantitative estimate of drug-likeness (QED) is 0.844. The fourth-order valence-electron chi connectivity index (χ4n) is 2.52. The molecule has 1 unspecified atom stereocenters. The number of alkyl halides is 3. The highest BCUT2D eigenvalue weighted by Gasteiger charge is 2.32. The van der Waals surface area contributed by atoms with Crippen molar-refractivity contribution in [3.63, 3.8) is 0 Å². The van der Waals surface area contributed by atoms with Crippen molar-refractivity contribution in [3.05, 3.63) is 58.2 Å². The molecule has 1 atom stereocenters. The third-order valence-electron chi connectivity index (χ3n) is 3.61. The van der Waals surface area contributed by atoms with E-state index in [0.29, 0.717) is 12.5 Å². The van der Waals surface area contributed by atoms with Crippen molar-refractivity contribution in [1.82, 2.24) is 4.98 Å². The standard InChI is InChI=1S/C15H12ClF3N2/c16-13-6-11(15(17,18)19)7-14(21-13)20-8-10-5-9-3-1-2-4-12(9)10/h1-4,6-7,10H,5,8H2,(H,20,21). The molecule has 1 aliphatic carbocycles. The third kappa shape index (κ3) is 2.97. The first-order chi connectivity index (χ1) is 9.93. The van der Waals surface area contributed by atoms with Gasteiger partial charge in [-0.3, -0.25) is 0 Å². The molecule has 110 valence electrons. The molecule has 1 aromatic carbocycles. The first kappa shape index (κ1) is 14.2. The molecule has 0 spiro atoms. The van der Waals surface area contributed by atoms with E-state index in [4.69, 9.17) is 11.6 Å². The second-order valence-corrected chi connectivity index (χ2v) is 5.43. The fraction of sp³-hybridized carbons (Fsp3) is 0.267. The fourth-order valence-corrected chi connectivity index (χ4v) is 2.73. The maximum Gasteiger partial charge on any atom is 0.416 e. The summed E-state index contributed by atoms with van der Waals surface area (Å²) in [6, 6.07) is 9.85. The number of rotatable bonds is 3. The SMILES string of the molecule is FC(F)(F)c1cc(Cl)nc(NCC2Cc3ccccc32)c1. The number of hydrogen-bond acceptors (Lipinski definition) is 2. The van der Waals surface area contributed by atoms with Crippen LogP contribution in [-0.4, -0.2) is 11.5 Å². The van der Waals surface area contributed by atoms with Gasteiger partial charge in [0.2, 0.25) is 0 Å². The molecule has 3 rings (SSSR count). The average Bonchev–Trinajstić information content (AvgIpc) is 2.38. The van der Waals surface area contributed by atoms with Crippen LogP contribution in [-0.2, 0) is 12.6 Å². The molecule has 1 aromatic heterocycles. The van der Waals surface area contributed by atoms with Crippen molar-refractivity contribution in [1.29, 1.82) is 0 Å². The Kier molecular flexibility index (Phi) is 3.53. The van der Waals surface area contributed by atoms with Crippen LogP contribution in [0.2, 0.25) is 5.15 Å². The molecule has 2 aromatic rings. The van der Waals surface area contributed by atoms with Crippen LogP contribution in [0.25, 0.3) is 0 Å². The van der Waals surface area contributed by atoms with E-state index in [2.05, 4.69) is 16.4 Å². The average molecular weight is 313 g/mol. The number of hydrogen-bond donors (Lipinski definition) is 1. The van der Waals surface area contributed by atoms with E-state index in [1.165, 1.54) is 11.1 Å². The van der Waals surface area contributed by atoms with Gasteiger partial charge in [-0.2, -0.15) is 13.2 Å². The van der Waals surface area contributed by atoms with Gasteiger partial charge >= 0.3 is 6.18 Å². The highest BCUT2D eigenvalue weighted by Crippen LogP contribution is 2.35. The van der Waals surface area contributed by atoms with Crippen LogP contribution in [0.3, 0.4) is 0 Å². The van der Waals surface area contributed by atoms with Crippen LogP contribution in [0.5, 0.6) is 0 Å². The number of pyridine rings is 1. The normalized spacial score (nSPS) is 17.0. The minimum absolute atomic E-state index is 0.152. The van der Waals surface area contributed by atoms with Crippen molar-refractivity contribution >= 4 is 17.4 Å². The molecule has 0 amide bonds. The lowest BCUT2D eigenvalue weighted by Gasteiger charge is -2.30. The molecule has 1 aliphatic rings. The van der Waals surface area contributed by atoms with Gasteiger partial charge in [0.15, 0.2) is 0 Å². The predicted octanol–water partition coefficient (Wildman–Crippen LogP) is 4.51. The molecular formula is C15H12ClF3N2. The van der Waals surface area contributed by atoms with Crippen molar-refractivity contribution in [3.8, 4) is 0 Å². The van der Waals surface area contributed by atoms with Crippen LogP contribution >= 0.6 is 11.6 Å². The first-order valence-electron chi connectivity index (χ1n) is 6.50. The van der Waals surface area contributed by atoms with Crippen LogP contribution < -0.4 is 5.32 Å². The lowest BCUT2D eigenvalue weighted by atomic mass is 9.77. The minimum atomic E-state index is -4.42. The van der Waals surface area contributed by atoms with E-state index in [1.54, 1.807) is 0 Å². The second kappa shape index (κ2) is 5.22. The molecule has 0 aliphatic heterocycles. The predicted molar refractivity (Wildman–Crippen MR) is 75.6 cm³/mol. The van der Waals surface area contributed by atoms with Gasteiger partial charge in [0.25, 0.3) is 0 Å². The summed E-state index contributed by atoms with van der Waals surface area (Å²) in [6.45, 7) is 0.543. The van der Waals surface area contributed by atoms with Gasteiger partial charge in [0, 0.05) is 12.5 Å². The Labute approximate surface area is 125 Å². The summed E-state index contributed by atoms with van der Waals surface area (Å²) in [7, 11) is 0. The molecule has 0 saturated heterocycles. The van der Waals surface area contributed by atoms with Gasteiger partial charge < -0.3 is 5.32 Å². The number of anilines is 1. The first-order valence-corrected chi connectivity index (χ1v) is 6.88. The Morgan fingerprint density at radius 1 is 1.24 bits per heavy atom. The van der Waals surface area contributed by atoms with E-state index >= 15 is 0 Å². The number of nitrogens with zero attached hydrogens (tertiary/aromatic N) is 1. The molecule has 1 heterocycles. The Hall–Kier alpha value is -1.75. The summed E-state index contributed by atoms with van der Waals surface area (Å²) >= 11 is 5.65. The molecule has 2 nitrogen and oxygen atoms in total. The Balaban J connectivity index is 1.71. The second-order valence-electron chi connectivity index (χ2n) is 5.04. The zero-order valence-corrected chi connectivity index (χ0v) is 11.7. The van der Waals surface area contributed by atoms with E-state index in [9.17, 15) is 13.2 Å². The van der Waals surface area contributed by atoms with E-state index in [1.807, 2.05) is 18.2 Å². The molecule has 0 fully saturated rings. The summed E-state index contributed by atoms with van der Waals surface area (Å²) in [5, 5.41) is 2.78. The maximum atomic E-state index is 12.7. The monoisotopic (exact) mass is 312 g/mol. The van der Waals surface area contributed by atoms with E-state index in [-0.39, 0.29) is 11.0 Å². The number of nitrogens with one attached hydrogen (secondary N) is 1. The van der Waals surface area contributed by atoms with Gasteiger partial charge in [-0.25, -0.2) is 4.98 Å². The van der Waals surface area contributed by atoms with Crippen molar-refractivity contribution in [2.75, 3.05) is 11.9 Å². The van der Waals surface area contributed by atoms with Crippen LogP contribution in [0.1, 0.15) is 22.6 Å². The molecule has 0 radical (unpaired) electrons. The number of halogens is 4. The van der Waals surface area contributed by atoms with Crippen LogP contribution in [0.15, 0.2) is 36.4 Å². The van der Waals surface area contributed by atoms with Gasteiger partial charge in [-0.15, -0.1) is 0 Å². The lowest BCUT2D eigenvalue weighted by Crippen LogP contribution is -2.24. The highest BCUT2D eigenvalue weighted by molar-refractivity contribution is 6.29. The summed E-state index contributed by atoms with van der Waals surface area (Å²) in [5.41, 5.74) is 1.74. The van der Waals surface area contributed by atoms with Crippen molar-refractivity contribution < 1.29 is 13.2 Å².